The zero-order chi connectivity index (χ0) is 20.5. The Kier molecular flexibility index (Phi) is 7.87. The first-order valence-electron chi connectivity index (χ1n) is 10.0. The second kappa shape index (κ2) is 10.8. The van der Waals surface area contributed by atoms with Gasteiger partial charge in [0.05, 0.1) is 5.75 Å². The Bertz CT molecular complexity index is 894. The van der Waals surface area contributed by atoms with Gasteiger partial charge < -0.3 is 9.88 Å². The third kappa shape index (κ3) is 6.75. The predicted molar refractivity (Wildman–Crippen MR) is 118 cm³/mol. The highest BCUT2D eigenvalue weighted by molar-refractivity contribution is 7.99. The van der Waals surface area contributed by atoms with Gasteiger partial charge in [0.25, 0.3) is 0 Å². The quantitative estimate of drug-likeness (QED) is 0.513. The van der Waals surface area contributed by atoms with Crippen LogP contribution in [0.25, 0.3) is 0 Å². The van der Waals surface area contributed by atoms with Crippen molar-refractivity contribution in [3.8, 4) is 0 Å². The van der Waals surface area contributed by atoms with Crippen molar-refractivity contribution >= 4 is 17.7 Å². The first kappa shape index (κ1) is 21.1. The van der Waals surface area contributed by atoms with E-state index in [1.807, 2.05) is 36.4 Å². The first-order chi connectivity index (χ1) is 14.1. The highest BCUT2D eigenvalue weighted by Crippen LogP contribution is 2.19. The van der Waals surface area contributed by atoms with Gasteiger partial charge in [-0.15, -0.1) is 10.2 Å². The number of nitrogens with zero attached hydrogens (tertiary/aromatic N) is 3. The minimum Gasteiger partial charge on any atom is -0.351 e. The summed E-state index contributed by atoms with van der Waals surface area (Å²) in [5.41, 5.74) is 2.39. The zero-order valence-electron chi connectivity index (χ0n) is 17.0. The molecule has 0 aliphatic carbocycles. The van der Waals surface area contributed by atoms with Gasteiger partial charge in [-0.1, -0.05) is 86.3 Å². The molecule has 152 valence electrons. The van der Waals surface area contributed by atoms with E-state index in [0.29, 0.717) is 18.2 Å². The molecule has 3 rings (SSSR count). The number of nitrogens with one attached hydrogen (secondary N) is 1. The standard InChI is InChI=1S/C23H28N4OS/c1-18(2)16-27-21(14-13-19-9-5-3-6-10-19)25-26-23(27)29-17-22(28)24-15-20-11-7-4-8-12-20/h3-12,18H,13-17H2,1-2H3,(H,24,28). The maximum absolute atomic E-state index is 12.3. The van der Waals surface area contributed by atoms with E-state index in [9.17, 15) is 4.79 Å². The molecule has 0 unspecified atom stereocenters. The molecule has 0 fully saturated rings. The van der Waals surface area contributed by atoms with Crippen molar-refractivity contribution in [2.45, 2.75) is 44.9 Å². The maximum Gasteiger partial charge on any atom is 0.230 e. The fourth-order valence-corrected chi connectivity index (χ4v) is 3.83. The van der Waals surface area contributed by atoms with Crippen LogP contribution in [-0.4, -0.2) is 26.4 Å². The lowest BCUT2D eigenvalue weighted by atomic mass is 10.1. The molecule has 1 N–H and O–H groups in total. The van der Waals surface area contributed by atoms with E-state index in [-0.39, 0.29) is 5.91 Å². The Hall–Kier alpha value is -2.60. The Morgan fingerprint density at radius 2 is 1.62 bits per heavy atom. The third-order valence-corrected chi connectivity index (χ3v) is 5.45. The van der Waals surface area contributed by atoms with Crippen molar-refractivity contribution in [3.63, 3.8) is 0 Å². The van der Waals surface area contributed by atoms with Gasteiger partial charge in [0.2, 0.25) is 5.91 Å². The molecule has 3 aromatic rings. The number of hydrogen-bond donors (Lipinski definition) is 1. The van der Waals surface area contributed by atoms with Gasteiger partial charge in [-0.05, 0) is 23.5 Å². The van der Waals surface area contributed by atoms with Crippen LogP contribution in [0, 0.1) is 5.92 Å². The number of carbonyl (C=O) groups excluding carboxylic acids is 1. The molecule has 0 atom stereocenters. The fraction of sp³-hybridized carbons (Fsp3) is 0.348. The van der Waals surface area contributed by atoms with E-state index >= 15 is 0 Å². The van der Waals surface area contributed by atoms with E-state index < -0.39 is 0 Å². The molecule has 6 heteroatoms. The summed E-state index contributed by atoms with van der Waals surface area (Å²) >= 11 is 1.45. The Morgan fingerprint density at radius 3 is 2.28 bits per heavy atom. The number of carbonyl (C=O) groups is 1. The lowest BCUT2D eigenvalue weighted by Gasteiger charge is -2.12. The highest BCUT2D eigenvalue weighted by Gasteiger charge is 2.15. The summed E-state index contributed by atoms with van der Waals surface area (Å²) in [6.45, 7) is 5.76. The summed E-state index contributed by atoms with van der Waals surface area (Å²) in [6.07, 6.45) is 1.77. The Labute approximate surface area is 176 Å². The number of rotatable bonds is 10. The van der Waals surface area contributed by atoms with Crippen LogP contribution in [0.3, 0.4) is 0 Å². The number of aryl methyl sites for hydroxylation is 2. The topological polar surface area (TPSA) is 59.8 Å². The lowest BCUT2D eigenvalue weighted by molar-refractivity contribution is -0.118. The average Bonchev–Trinajstić information content (AvgIpc) is 3.11. The predicted octanol–water partition coefficient (Wildman–Crippen LogP) is 4.13. The summed E-state index contributed by atoms with van der Waals surface area (Å²) in [5, 5.41) is 12.6. The summed E-state index contributed by atoms with van der Waals surface area (Å²) in [7, 11) is 0. The molecule has 0 saturated carbocycles. The summed E-state index contributed by atoms with van der Waals surface area (Å²) in [6, 6.07) is 20.3. The molecule has 0 aliphatic heterocycles. The third-order valence-electron chi connectivity index (χ3n) is 4.49. The lowest BCUT2D eigenvalue weighted by Crippen LogP contribution is -2.24. The van der Waals surface area contributed by atoms with Crippen LogP contribution < -0.4 is 5.32 Å². The van der Waals surface area contributed by atoms with Crippen molar-refractivity contribution in [1.82, 2.24) is 20.1 Å². The van der Waals surface area contributed by atoms with Gasteiger partial charge in [0.15, 0.2) is 5.16 Å². The van der Waals surface area contributed by atoms with E-state index in [1.165, 1.54) is 17.3 Å². The molecule has 0 radical (unpaired) electrons. The van der Waals surface area contributed by atoms with Crippen LogP contribution in [-0.2, 0) is 30.7 Å². The molecule has 1 heterocycles. The van der Waals surface area contributed by atoms with Gasteiger partial charge in [-0.3, -0.25) is 4.79 Å². The molecule has 0 aliphatic rings. The summed E-state index contributed by atoms with van der Waals surface area (Å²) in [5.74, 6) is 1.80. The maximum atomic E-state index is 12.3. The number of hydrogen-bond acceptors (Lipinski definition) is 4. The molecule has 1 aromatic heterocycles. The van der Waals surface area contributed by atoms with Crippen LogP contribution in [0.2, 0.25) is 0 Å². The van der Waals surface area contributed by atoms with Crippen molar-refractivity contribution < 1.29 is 4.79 Å². The van der Waals surface area contributed by atoms with Gasteiger partial charge in [0.1, 0.15) is 5.82 Å². The minimum absolute atomic E-state index is 0.00351. The number of benzene rings is 2. The average molecular weight is 409 g/mol. The van der Waals surface area contributed by atoms with Crippen LogP contribution in [0.4, 0.5) is 0 Å². The Morgan fingerprint density at radius 1 is 0.966 bits per heavy atom. The fourth-order valence-electron chi connectivity index (χ4n) is 3.04. The molecular weight excluding hydrogens is 380 g/mol. The molecule has 29 heavy (non-hydrogen) atoms. The molecule has 0 saturated heterocycles. The highest BCUT2D eigenvalue weighted by atomic mass is 32.2. The van der Waals surface area contributed by atoms with Gasteiger partial charge in [0, 0.05) is 19.5 Å². The summed E-state index contributed by atoms with van der Waals surface area (Å²) < 4.78 is 2.17. The van der Waals surface area contributed by atoms with Crippen LogP contribution in [0.15, 0.2) is 65.8 Å². The second-order valence-electron chi connectivity index (χ2n) is 7.44. The minimum atomic E-state index is 0.00351. The molecule has 0 spiro atoms. The van der Waals surface area contributed by atoms with Crippen LogP contribution in [0.5, 0.6) is 0 Å². The van der Waals surface area contributed by atoms with E-state index in [4.69, 9.17) is 0 Å². The van der Waals surface area contributed by atoms with Gasteiger partial charge in [-0.2, -0.15) is 0 Å². The van der Waals surface area contributed by atoms with E-state index in [1.54, 1.807) is 0 Å². The van der Waals surface area contributed by atoms with Gasteiger partial charge >= 0.3 is 0 Å². The van der Waals surface area contributed by atoms with Gasteiger partial charge in [-0.25, -0.2) is 0 Å². The summed E-state index contributed by atoms with van der Waals surface area (Å²) in [4.78, 5) is 12.3. The largest absolute Gasteiger partial charge is 0.351 e. The molecule has 1 amide bonds. The number of aromatic nitrogens is 3. The monoisotopic (exact) mass is 408 g/mol. The normalized spacial score (nSPS) is 11.0. The molecule has 0 bridgehead atoms. The van der Waals surface area contributed by atoms with Crippen molar-refractivity contribution in [3.05, 3.63) is 77.6 Å². The zero-order valence-corrected chi connectivity index (χ0v) is 17.9. The van der Waals surface area contributed by atoms with E-state index in [2.05, 4.69) is 58.2 Å². The van der Waals surface area contributed by atoms with Crippen LogP contribution >= 0.6 is 11.8 Å². The van der Waals surface area contributed by atoms with Crippen molar-refractivity contribution in [1.29, 1.82) is 0 Å². The SMILES string of the molecule is CC(C)Cn1c(CCc2ccccc2)nnc1SCC(=O)NCc1ccccc1. The van der Waals surface area contributed by atoms with Crippen molar-refractivity contribution in [2.75, 3.05) is 5.75 Å². The number of amides is 1. The van der Waals surface area contributed by atoms with Crippen molar-refractivity contribution in [2.24, 2.45) is 5.92 Å². The smallest absolute Gasteiger partial charge is 0.230 e. The number of thioether (sulfide) groups is 1. The molecular formula is C23H28N4OS. The Balaban J connectivity index is 1.57. The van der Waals surface area contributed by atoms with Crippen LogP contribution in [0.1, 0.15) is 30.8 Å². The van der Waals surface area contributed by atoms with E-state index in [0.717, 1.165) is 35.9 Å². The first-order valence-corrected chi connectivity index (χ1v) is 11.0. The second-order valence-corrected chi connectivity index (χ2v) is 8.38. The molecule has 2 aromatic carbocycles. The molecule has 5 nitrogen and oxygen atoms in total.